The Morgan fingerprint density at radius 1 is 1.45 bits per heavy atom. The summed E-state index contributed by atoms with van der Waals surface area (Å²) < 4.78 is 37.9. The van der Waals surface area contributed by atoms with Crippen LogP contribution in [0.15, 0.2) is 18.2 Å². The number of likely N-dealkylation sites (N-methyl/N-ethyl adjacent to an activating group) is 2. The van der Waals surface area contributed by atoms with Gasteiger partial charge in [-0.15, -0.1) is 0 Å². The third kappa shape index (κ3) is 3.88. The summed E-state index contributed by atoms with van der Waals surface area (Å²) in [5, 5.41) is 11.4. The first-order valence-corrected chi connectivity index (χ1v) is 5.88. The fraction of sp³-hybridized carbons (Fsp3) is 0.385. The Hall–Kier alpha value is -2.23. The van der Waals surface area contributed by atoms with Gasteiger partial charge in [-0.05, 0) is 25.1 Å². The topological polar surface area (TPSA) is 56.1 Å². The summed E-state index contributed by atoms with van der Waals surface area (Å²) in [6, 6.07) is 4.74. The molecule has 0 spiro atoms. The van der Waals surface area contributed by atoms with Crippen molar-refractivity contribution in [2.45, 2.75) is 13.1 Å². The molecule has 0 aliphatic carbocycles. The number of nitrogens with zero attached hydrogens (tertiary/aromatic N) is 2. The van der Waals surface area contributed by atoms with E-state index < -0.39 is 17.3 Å². The molecule has 7 heteroatoms. The molecule has 1 N–H and O–H groups in total. The molecular formula is C13H14F3N3O. The average Bonchev–Trinajstić information content (AvgIpc) is 2.37. The highest BCUT2D eigenvalue weighted by atomic mass is 19.4. The van der Waals surface area contributed by atoms with Gasteiger partial charge >= 0.3 is 6.18 Å². The van der Waals surface area contributed by atoms with Crippen molar-refractivity contribution in [2.24, 2.45) is 0 Å². The Labute approximate surface area is 114 Å². The molecule has 0 bridgehead atoms. The van der Waals surface area contributed by atoms with E-state index in [1.54, 1.807) is 14.0 Å². The first-order valence-electron chi connectivity index (χ1n) is 5.88. The number of anilines is 1. The molecular weight excluding hydrogens is 271 g/mol. The van der Waals surface area contributed by atoms with Crippen molar-refractivity contribution < 1.29 is 18.0 Å². The Morgan fingerprint density at radius 3 is 2.60 bits per heavy atom. The van der Waals surface area contributed by atoms with E-state index in [0.29, 0.717) is 12.2 Å². The average molecular weight is 285 g/mol. The van der Waals surface area contributed by atoms with Crippen molar-refractivity contribution in [2.75, 3.05) is 25.0 Å². The van der Waals surface area contributed by atoms with Gasteiger partial charge in [-0.3, -0.25) is 4.79 Å². The molecule has 0 aliphatic heterocycles. The normalized spacial score (nSPS) is 10.8. The maximum Gasteiger partial charge on any atom is 0.417 e. The Balaban J connectivity index is 2.99. The summed E-state index contributed by atoms with van der Waals surface area (Å²) in [4.78, 5) is 12.9. The number of benzene rings is 1. The maximum atomic E-state index is 12.6. The molecule has 0 heterocycles. The minimum absolute atomic E-state index is 0.00404. The van der Waals surface area contributed by atoms with Crippen LogP contribution in [-0.2, 0) is 11.0 Å². The quantitative estimate of drug-likeness (QED) is 0.922. The van der Waals surface area contributed by atoms with Gasteiger partial charge in [0, 0.05) is 19.3 Å². The smallest absolute Gasteiger partial charge is 0.365 e. The predicted octanol–water partition coefficient (Wildman–Crippen LogP) is 2.15. The van der Waals surface area contributed by atoms with E-state index in [0.717, 1.165) is 12.1 Å². The fourth-order valence-electron chi connectivity index (χ4n) is 1.67. The van der Waals surface area contributed by atoms with Crippen molar-refractivity contribution in [1.82, 2.24) is 5.32 Å². The van der Waals surface area contributed by atoms with Gasteiger partial charge in [0.25, 0.3) is 0 Å². The Morgan fingerprint density at radius 2 is 2.10 bits per heavy atom. The minimum atomic E-state index is -4.57. The number of rotatable bonds is 4. The maximum absolute atomic E-state index is 12.6. The Bertz CT molecular complexity index is 535. The highest BCUT2D eigenvalue weighted by Gasteiger charge is 2.33. The second-order valence-electron chi connectivity index (χ2n) is 4.15. The lowest BCUT2D eigenvalue weighted by Crippen LogP contribution is -2.35. The monoisotopic (exact) mass is 285 g/mol. The number of carbonyl (C=O) groups is 1. The van der Waals surface area contributed by atoms with Crippen molar-refractivity contribution in [3.8, 4) is 6.07 Å². The molecule has 0 radical (unpaired) electrons. The number of hydrogen-bond acceptors (Lipinski definition) is 3. The molecule has 0 unspecified atom stereocenters. The second-order valence-corrected chi connectivity index (χ2v) is 4.15. The molecule has 0 saturated carbocycles. The van der Waals surface area contributed by atoms with E-state index in [-0.39, 0.29) is 12.5 Å². The number of halogens is 3. The van der Waals surface area contributed by atoms with E-state index in [1.807, 2.05) is 0 Å². The van der Waals surface area contributed by atoms with Crippen LogP contribution in [0.5, 0.6) is 0 Å². The molecule has 0 aliphatic rings. The van der Waals surface area contributed by atoms with Gasteiger partial charge in [-0.1, -0.05) is 0 Å². The van der Waals surface area contributed by atoms with Gasteiger partial charge in [0.1, 0.15) is 0 Å². The first kappa shape index (κ1) is 15.8. The van der Waals surface area contributed by atoms with E-state index in [9.17, 15) is 18.0 Å². The largest absolute Gasteiger partial charge is 0.417 e. The third-order valence-electron chi connectivity index (χ3n) is 2.62. The van der Waals surface area contributed by atoms with Gasteiger partial charge in [-0.2, -0.15) is 18.4 Å². The number of nitriles is 1. The van der Waals surface area contributed by atoms with Crippen LogP contribution >= 0.6 is 0 Å². The first-order chi connectivity index (χ1) is 9.29. The number of amides is 1. The zero-order valence-corrected chi connectivity index (χ0v) is 11.1. The summed E-state index contributed by atoms with van der Waals surface area (Å²) in [6.07, 6.45) is -4.57. The van der Waals surface area contributed by atoms with E-state index in [1.165, 1.54) is 17.0 Å². The second kappa shape index (κ2) is 6.28. The van der Waals surface area contributed by atoms with Gasteiger partial charge < -0.3 is 10.2 Å². The van der Waals surface area contributed by atoms with Crippen LogP contribution in [0.4, 0.5) is 18.9 Å². The molecule has 20 heavy (non-hydrogen) atoms. The van der Waals surface area contributed by atoms with Crippen LogP contribution in [0.3, 0.4) is 0 Å². The van der Waals surface area contributed by atoms with Gasteiger partial charge in [0.2, 0.25) is 5.91 Å². The summed E-state index contributed by atoms with van der Waals surface area (Å²) in [7, 11) is 1.57. The minimum Gasteiger partial charge on any atom is -0.365 e. The van der Waals surface area contributed by atoms with Gasteiger partial charge in [0.15, 0.2) is 0 Å². The Kier molecular flexibility index (Phi) is 4.97. The van der Waals surface area contributed by atoms with Crippen LogP contribution in [0.1, 0.15) is 18.1 Å². The van der Waals surface area contributed by atoms with Crippen molar-refractivity contribution in [3.05, 3.63) is 29.3 Å². The molecule has 4 nitrogen and oxygen atoms in total. The third-order valence-corrected chi connectivity index (χ3v) is 2.62. The predicted molar refractivity (Wildman–Crippen MR) is 68.1 cm³/mol. The van der Waals surface area contributed by atoms with Crippen LogP contribution in [0.2, 0.25) is 0 Å². The van der Waals surface area contributed by atoms with Crippen LogP contribution in [-0.4, -0.2) is 26.0 Å². The lowest BCUT2D eigenvalue weighted by Gasteiger charge is -2.20. The lowest BCUT2D eigenvalue weighted by molar-refractivity contribution is -0.137. The summed E-state index contributed by atoms with van der Waals surface area (Å²) in [5.41, 5.74) is -1.06. The molecule has 0 saturated heterocycles. The number of carbonyl (C=O) groups excluding carboxylic acids is 1. The van der Waals surface area contributed by atoms with E-state index >= 15 is 0 Å². The summed E-state index contributed by atoms with van der Waals surface area (Å²) in [5.74, 6) is -0.242. The molecule has 1 rings (SSSR count). The molecule has 0 fully saturated rings. The molecule has 1 aromatic rings. The van der Waals surface area contributed by atoms with Gasteiger partial charge in [0.05, 0.1) is 23.7 Å². The SMILES string of the molecule is CCNC(=O)CN(C)c1ccc(C(F)(F)F)c(C#N)c1. The molecule has 0 atom stereocenters. The highest BCUT2D eigenvalue weighted by molar-refractivity contribution is 5.81. The molecule has 0 aromatic heterocycles. The molecule has 1 amide bonds. The standard InChI is InChI=1S/C13H14F3N3O/c1-3-18-12(20)8-19(2)10-4-5-11(13(14,15)16)9(6-10)7-17/h4-6H,3,8H2,1-2H3,(H,18,20). The zero-order valence-electron chi connectivity index (χ0n) is 11.1. The van der Waals surface area contributed by atoms with E-state index in [4.69, 9.17) is 5.26 Å². The summed E-state index contributed by atoms with van der Waals surface area (Å²) in [6.45, 7) is 2.25. The van der Waals surface area contributed by atoms with Crippen molar-refractivity contribution >= 4 is 11.6 Å². The lowest BCUT2D eigenvalue weighted by atomic mass is 10.1. The number of hydrogen-bond donors (Lipinski definition) is 1. The van der Waals surface area contributed by atoms with Gasteiger partial charge in [-0.25, -0.2) is 0 Å². The van der Waals surface area contributed by atoms with Crippen molar-refractivity contribution in [1.29, 1.82) is 5.26 Å². The summed E-state index contributed by atoms with van der Waals surface area (Å²) >= 11 is 0. The van der Waals surface area contributed by atoms with Crippen molar-refractivity contribution in [3.63, 3.8) is 0 Å². The number of nitrogens with one attached hydrogen (secondary N) is 1. The molecule has 1 aromatic carbocycles. The van der Waals surface area contributed by atoms with E-state index in [2.05, 4.69) is 5.32 Å². The van der Waals surface area contributed by atoms with Crippen LogP contribution < -0.4 is 10.2 Å². The van der Waals surface area contributed by atoms with Crippen LogP contribution in [0.25, 0.3) is 0 Å². The molecule has 108 valence electrons. The number of alkyl halides is 3. The van der Waals surface area contributed by atoms with Crippen LogP contribution in [0, 0.1) is 11.3 Å². The fourth-order valence-corrected chi connectivity index (χ4v) is 1.67. The zero-order chi connectivity index (χ0) is 15.3. The highest BCUT2D eigenvalue weighted by Crippen LogP contribution is 2.33.